The molecular weight excluding hydrogens is 468 g/mol. The first kappa shape index (κ1) is 24.1. The Hall–Kier alpha value is -3.63. The third-order valence-electron chi connectivity index (χ3n) is 6.55. The summed E-state index contributed by atoms with van der Waals surface area (Å²) in [6, 6.07) is 24.1. The molecule has 5 rings (SSSR count). The molecule has 5 aromatic rings. The van der Waals surface area contributed by atoms with Gasteiger partial charge in [-0.2, -0.15) is 0 Å². The lowest BCUT2D eigenvalue weighted by Crippen LogP contribution is -2.10. The van der Waals surface area contributed by atoms with Crippen LogP contribution in [0.5, 0.6) is 5.75 Å². The molecule has 0 amide bonds. The van der Waals surface area contributed by atoms with Crippen LogP contribution in [0.1, 0.15) is 49.3 Å². The fourth-order valence-electron chi connectivity index (χ4n) is 4.69. The SMILES string of the molecule is Cc1ccc(C(C)C)c(OC(=O)CCCc2c(-c3ccc4ccccc4n3)[nH]c3ccc(Cl)cc23)c1. The van der Waals surface area contributed by atoms with E-state index in [-0.39, 0.29) is 11.9 Å². The van der Waals surface area contributed by atoms with Crippen LogP contribution in [-0.4, -0.2) is 15.9 Å². The number of halogens is 1. The van der Waals surface area contributed by atoms with Gasteiger partial charge in [-0.3, -0.25) is 4.79 Å². The summed E-state index contributed by atoms with van der Waals surface area (Å²) in [4.78, 5) is 21.2. The van der Waals surface area contributed by atoms with Gasteiger partial charge in [-0.15, -0.1) is 0 Å². The highest BCUT2D eigenvalue weighted by atomic mass is 35.5. The van der Waals surface area contributed by atoms with Crippen LogP contribution in [0.3, 0.4) is 0 Å². The van der Waals surface area contributed by atoms with Gasteiger partial charge in [0, 0.05) is 27.7 Å². The van der Waals surface area contributed by atoms with Crippen LogP contribution in [0.25, 0.3) is 33.2 Å². The molecule has 5 heteroatoms. The molecule has 0 saturated heterocycles. The van der Waals surface area contributed by atoms with E-state index in [1.807, 2.05) is 61.5 Å². The van der Waals surface area contributed by atoms with Crippen LogP contribution in [0, 0.1) is 6.92 Å². The Labute approximate surface area is 216 Å². The molecule has 0 saturated carbocycles. The minimum Gasteiger partial charge on any atom is -0.426 e. The maximum absolute atomic E-state index is 12.8. The van der Waals surface area contributed by atoms with Gasteiger partial charge in [0.2, 0.25) is 0 Å². The number of fused-ring (bicyclic) bond motifs is 2. The fraction of sp³-hybridized carbons (Fsp3) is 0.226. The summed E-state index contributed by atoms with van der Waals surface area (Å²) in [6.45, 7) is 6.21. The number of rotatable bonds is 7. The highest BCUT2D eigenvalue weighted by Gasteiger charge is 2.17. The Morgan fingerprint density at radius 2 is 1.86 bits per heavy atom. The van der Waals surface area contributed by atoms with Crippen molar-refractivity contribution in [2.75, 3.05) is 0 Å². The van der Waals surface area contributed by atoms with E-state index >= 15 is 0 Å². The number of para-hydroxylation sites is 1. The van der Waals surface area contributed by atoms with Crippen molar-refractivity contribution in [2.45, 2.75) is 46.0 Å². The number of H-pyrrole nitrogens is 1. The molecule has 0 spiro atoms. The number of hydrogen-bond donors (Lipinski definition) is 1. The summed E-state index contributed by atoms with van der Waals surface area (Å²) in [5.41, 5.74) is 7.02. The normalized spacial score (nSPS) is 11.5. The number of carbonyl (C=O) groups excluding carboxylic acids is 1. The zero-order valence-electron chi connectivity index (χ0n) is 20.8. The topological polar surface area (TPSA) is 55.0 Å². The fourth-order valence-corrected chi connectivity index (χ4v) is 4.87. The van der Waals surface area contributed by atoms with Crippen LogP contribution >= 0.6 is 11.6 Å². The lowest BCUT2D eigenvalue weighted by molar-refractivity contribution is -0.134. The van der Waals surface area contributed by atoms with Gasteiger partial charge in [-0.25, -0.2) is 4.98 Å². The molecule has 3 aromatic carbocycles. The van der Waals surface area contributed by atoms with Gasteiger partial charge < -0.3 is 9.72 Å². The van der Waals surface area contributed by atoms with Gasteiger partial charge in [0.15, 0.2) is 0 Å². The molecule has 0 atom stereocenters. The molecule has 36 heavy (non-hydrogen) atoms. The third kappa shape index (κ3) is 5.00. The monoisotopic (exact) mass is 496 g/mol. The Bertz CT molecular complexity index is 1570. The van der Waals surface area contributed by atoms with Gasteiger partial charge in [-0.05, 0) is 78.8 Å². The second kappa shape index (κ2) is 10.2. The van der Waals surface area contributed by atoms with Crippen LogP contribution in [-0.2, 0) is 11.2 Å². The standard InChI is InChI=1S/C31H29ClN2O2/c1-19(2)23-14-11-20(3)17-29(23)36-30(35)10-6-8-24-25-18-22(32)13-16-27(25)34-31(24)28-15-12-21-7-4-5-9-26(21)33-28/h4-5,7,9,11-19,34H,6,8,10H2,1-3H3. The largest absolute Gasteiger partial charge is 0.426 e. The maximum atomic E-state index is 12.8. The molecule has 0 aliphatic rings. The number of benzene rings is 3. The average molecular weight is 497 g/mol. The highest BCUT2D eigenvalue weighted by Crippen LogP contribution is 2.33. The van der Waals surface area contributed by atoms with Gasteiger partial charge >= 0.3 is 5.97 Å². The summed E-state index contributed by atoms with van der Waals surface area (Å²) < 4.78 is 5.80. The number of hydrogen-bond acceptors (Lipinski definition) is 3. The van der Waals surface area contributed by atoms with E-state index < -0.39 is 0 Å². The minimum atomic E-state index is -0.217. The third-order valence-corrected chi connectivity index (χ3v) is 6.78. The zero-order chi connectivity index (χ0) is 25.2. The van der Waals surface area contributed by atoms with Crippen LogP contribution in [0.15, 0.2) is 72.8 Å². The summed E-state index contributed by atoms with van der Waals surface area (Å²) in [5.74, 6) is 0.724. The van der Waals surface area contributed by atoms with Crippen molar-refractivity contribution in [1.82, 2.24) is 9.97 Å². The van der Waals surface area contributed by atoms with Gasteiger partial charge in [0.25, 0.3) is 0 Å². The molecule has 2 aromatic heterocycles. The smallest absolute Gasteiger partial charge is 0.311 e. The van der Waals surface area contributed by atoms with Gasteiger partial charge in [0.05, 0.1) is 16.9 Å². The molecule has 182 valence electrons. The van der Waals surface area contributed by atoms with Crippen molar-refractivity contribution in [3.8, 4) is 17.1 Å². The van der Waals surface area contributed by atoms with Gasteiger partial charge in [-0.1, -0.05) is 61.8 Å². The lowest BCUT2D eigenvalue weighted by Gasteiger charge is -2.13. The Morgan fingerprint density at radius 1 is 1.03 bits per heavy atom. The number of nitrogens with zero attached hydrogens (tertiary/aromatic N) is 1. The number of esters is 1. The quantitative estimate of drug-likeness (QED) is 0.182. The van der Waals surface area contributed by atoms with Crippen molar-refractivity contribution in [2.24, 2.45) is 0 Å². The second-order valence-electron chi connectivity index (χ2n) is 9.58. The number of aryl methyl sites for hydroxylation is 2. The van der Waals surface area contributed by atoms with Crippen LogP contribution in [0.2, 0.25) is 5.02 Å². The molecule has 0 radical (unpaired) electrons. The second-order valence-corrected chi connectivity index (χ2v) is 10.0. The first-order valence-corrected chi connectivity index (χ1v) is 12.7. The molecule has 0 fully saturated rings. The molecule has 0 unspecified atom stereocenters. The number of carbonyl (C=O) groups is 1. The average Bonchev–Trinajstić information content (AvgIpc) is 3.21. The minimum absolute atomic E-state index is 0.217. The molecule has 4 nitrogen and oxygen atoms in total. The van der Waals surface area contributed by atoms with E-state index in [9.17, 15) is 4.79 Å². The Balaban J connectivity index is 1.39. The van der Waals surface area contributed by atoms with Crippen molar-refractivity contribution >= 4 is 39.4 Å². The summed E-state index contributed by atoms with van der Waals surface area (Å²) in [7, 11) is 0. The van der Waals surface area contributed by atoms with Crippen molar-refractivity contribution in [3.63, 3.8) is 0 Å². The number of aromatic amines is 1. The van der Waals surface area contributed by atoms with Crippen molar-refractivity contribution < 1.29 is 9.53 Å². The predicted octanol–water partition coefficient (Wildman–Crippen LogP) is 8.40. The number of aromatic nitrogens is 2. The first-order chi connectivity index (χ1) is 17.4. The Kier molecular flexibility index (Phi) is 6.80. The van der Waals surface area contributed by atoms with E-state index in [4.69, 9.17) is 21.3 Å². The van der Waals surface area contributed by atoms with E-state index in [0.717, 1.165) is 49.9 Å². The highest BCUT2D eigenvalue weighted by molar-refractivity contribution is 6.31. The van der Waals surface area contributed by atoms with E-state index in [0.29, 0.717) is 30.0 Å². The lowest BCUT2D eigenvalue weighted by atomic mass is 10.0. The van der Waals surface area contributed by atoms with E-state index in [1.54, 1.807) is 0 Å². The molecule has 0 aliphatic heterocycles. The molecule has 1 N–H and O–H groups in total. The molecule has 0 bridgehead atoms. The van der Waals surface area contributed by atoms with E-state index in [1.165, 1.54) is 0 Å². The number of nitrogens with one attached hydrogen (secondary N) is 1. The first-order valence-electron chi connectivity index (χ1n) is 12.4. The summed E-state index contributed by atoms with van der Waals surface area (Å²) in [6.07, 6.45) is 1.68. The molecule has 0 aliphatic carbocycles. The zero-order valence-corrected chi connectivity index (χ0v) is 21.5. The summed E-state index contributed by atoms with van der Waals surface area (Å²) in [5, 5.41) is 2.84. The summed E-state index contributed by atoms with van der Waals surface area (Å²) >= 11 is 6.35. The van der Waals surface area contributed by atoms with Crippen molar-refractivity contribution in [3.05, 3.63) is 94.5 Å². The van der Waals surface area contributed by atoms with Crippen LogP contribution < -0.4 is 4.74 Å². The number of pyridine rings is 1. The predicted molar refractivity (Wildman–Crippen MR) is 148 cm³/mol. The molecule has 2 heterocycles. The Morgan fingerprint density at radius 3 is 2.69 bits per heavy atom. The van der Waals surface area contributed by atoms with E-state index in [2.05, 4.69) is 37.0 Å². The van der Waals surface area contributed by atoms with Crippen LogP contribution in [0.4, 0.5) is 0 Å². The van der Waals surface area contributed by atoms with Gasteiger partial charge in [0.1, 0.15) is 5.75 Å². The maximum Gasteiger partial charge on any atom is 0.311 e. The number of ether oxygens (including phenoxy) is 1. The van der Waals surface area contributed by atoms with Crippen molar-refractivity contribution in [1.29, 1.82) is 0 Å². The molecular formula is C31H29ClN2O2.